The Morgan fingerprint density at radius 2 is 2.00 bits per heavy atom. The third-order valence-electron chi connectivity index (χ3n) is 3.06. The molecule has 1 heterocycles. The van der Waals surface area contributed by atoms with E-state index in [2.05, 4.69) is 42.4 Å². The van der Waals surface area contributed by atoms with Crippen LogP contribution in [-0.2, 0) is 0 Å². The van der Waals surface area contributed by atoms with Gasteiger partial charge in [0.25, 0.3) is 0 Å². The molecule has 0 spiro atoms. The number of fused-ring (bicyclic) bond motifs is 1. The smallest absolute Gasteiger partial charge is 0.113 e. The van der Waals surface area contributed by atoms with Gasteiger partial charge in [0.05, 0.1) is 11.2 Å². The van der Waals surface area contributed by atoms with Gasteiger partial charge >= 0.3 is 0 Å². The van der Waals surface area contributed by atoms with Gasteiger partial charge in [-0.3, -0.25) is 0 Å². The van der Waals surface area contributed by atoms with Gasteiger partial charge in [0.2, 0.25) is 0 Å². The topological polar surface area (TPSA) is 30.7 Å². The SMILES string of the molecule is CC(C)c1cc[c]c(-n2nnc3ccccc32)c1. The Labute approximate surface area is 106 Å². The zero-order chi connectivity index (χ0) is 12.5. The van der Waals surface area contributed by atoms with Crippen LogP contribution in [0.3, 0.4) is 0 Å². The minimum absolute atomic E-state index is 0.494. The van der Waals surface area contributed by atoms with E-state index < -0.39 is 0 Å². The van der Waals surface area contributed by atoms with Gasteiger partial charge in [0.15, 0.2) is 0 Å². The number of aromatic nitrogens is 3. The van der Waals surface area contributed by atoms with Crippen molar-refractivity contribution in [3.63, 3.8) is 0 Å². The van der Waals surface area contributed by atoms with Crippen LogP contribution in [-0.4, -0.2) is 15.0 Å². The van der Waals surface area contributed by atoms with Crippen molar-refractivity contribution >= 4 is 11.0 Å². The average Bonchev–Trinajstić information content (AvgIpc) is 2.82. The van der Waals surface area contributed by atoms with E-state index in [0.29, 0.717) is 5.92 Å². The molecule has 3 aromatic rings. The van der Waals surface area contributed by atoms with Gasteiger partial charge in [-0.25, -0.2) is 4.68 Å². The van der Waals surface area contributed by atoms with Crippen molar-refractivity contribution in [1.82, 2.24) is 15.0 Å². The molecule has 0 N–H and O–H groups in total. The largest absolute Gasteiger partial charge is 0.212 e. The van der Waals surface area contributed by atoms with Crippen LogP contribution >= 0.6 is 0 Å². The summed E-state index contributed by atoms with van der Waals surface area (Å²) in [5, 5.41) is 8.36. The fourth-order valence-corrected chi connectivity index (χ4v) is 2.00. The number of hydrogen-bond acceptors (Lipinski definition) is 2. The first kappa shape index (κ1) is 11.0. The number of hydrogen-bond donors (Lipinski definition) is 0. The standard InChI is InChI=1S/C15H14N3/c1-11(2)12-6-5-7-13(10-12)18-15-9-4-3-8-14(15)16-17-18/h3-6,8-11H,1-2H3. The van der Waals surface area contributed by atoms with E-state index in [4.69, 9.17) is 0 Å². The molecule has 3 heteroatoms. The normalized spacial score (nSPS) is 11.3. The zero-order valence-corrected chi connectivity index (χ0v) is 10.5. The first-order valence-electron chi connectivity index (χ1n) is 6.08. The molecular formula is C15H14N3. The van der Waals surface area contributed by atoms with E-state index in [9.17, 15) is 0 Å². The second kappa shape index (κ2) is 4.26. The monoisotopic (exact) mass is 236 g/mol. The summed E-state index contributed by atoms with van der Waals surface area (Å²) in [5.41, 5.74) is 4.13. The molecule has 1 radical (unpaired) electrons. The zero-order valence-electron chi connectivity index (χ0n) is 10.5. The van der Waals surface area contributed by atoms with Gasteiger partial charge in [-0.2, -0.15) is 0 Å². The summed E-state index contributed by atoms with van der Waals surface area (Å²) in [7, 11) is 0. The molecule has 1 aromatic heterocycles. The third-order valence-corrected chi connectivity index (χ3v) is 3.06. The summed E-state index contributed by atoms with van der Waals surface area (Å²) in [4.78, 5) is 0. The molecule has 0 atom stereocenters. The Bertz CT molecular complexity index is 683. The Morgan fingerprint density at radius 3 is 2.83 bits per heavy atom. The van der Waals surface area contributed by atoms with E-state index in [0.717, 1.165) is 16.7 Å². The molecular weight excluding hydrogens is 222 g/mol. The van der Waals surface area contributed by atoms with Crippen molar-refractivity contribution in [2.45, 2.75) is 19.8 Å². The molecule has 0 unspecified atom stereocenters. The van der Waals surface area contributed by atoms with E-state index in [1.54, 1.807) is 0 Å². The molecule has 3 rings (SSSR count). The minimum Gasteiger partial charge on any atom is -0.212 e. The van der Waals surface area contributed by atoms with Crippen molar-refractivity contribution in [1.29, 1.82) is 0 Å². The summed E-state index contributed by atoms with van der Waals surface area (Å²) < 4.78 is 1.83. The summed E-state index contributed by atoms with van der Waals surface area (Å²) in [6.07, 6.45) is 0. The first-order chi connectivity index (χ1) is 8.75. The lowest BCUT2D eigenvalue weighted by molar-refractivity contribution is 0.812. The molecule has 0 aliphatic carbocycles. The van der Waals surface area contributed by atoms with Gasteiger partial charge in [-0.15, -0.1) is 5.10 Å². The van der Waals surface area contributed by atoms with Crippen molar-refractivity contribution in [3.8, 4) is 5.69 Å². The van der Waals surface area contributed by atoms with Gasteiger partial charge in [0, 0.05) is 6.07 Å². The van der Waals surface area contributed by atoms with Crippen molar-refractivity contribution in [2.24, 2.45) is 0 Å². The van der Waals surface area contributed by atoms with Crippen molar-refractivity contribution in [3.05, 3.63) is 54.1 Å². The van der Waals surface area contributed by atoms with Crippen molar-refractivity contribution < 1.29 is 0 Å². The second-order valence-corrected chi connectivity index (χ2v) is 4.65. The van der Waals surface area contributed by atoms with Crippen LogP contribution in [0.5, 0.6) is 0 Å². The van der Waals surface area contributed by atoms with E-state index in [1.807, 2.05) is 35.0 Å². The highest BCUT2D eigenvalue weighted by molar-refractivity contribution is 5.75. The Balaban J connectivity index is 2.17. The van der Waals surface area contributed by atoms with Gasteiger partial charge in [-0.1, -0.05) is 43.3 Å². The summed E-state index contributed by atoms with van der Waals surface area (Å²) in [6.45, 7) is 4.36. The maximum absolute atomic E-state index is 4.20. The van der Waals surface area contributed by atoms with E-state index in [1.165, 1.54) is 5.56 Å². The quantitative estimate of drug-likeness (QED) is 0.683. The molecule has 0 bridgehead atoms. The van der Waals surface area contributed by atoms with Gasteiger partial charge in [0.1, 0.15) is 5.52 Å². The van der Waals surface area contributed by atoms with Crippen LogP contribution in [0.15, 0.2) is 42.5 Å². The highest BCUT2D eigenvalue weighted by Gasteiger charge is 2.07. The average molecular weight is 236 g/mol. The van der Waals surface area contributed by atoms with Crippen molar-refractivity contribution in [2.75, 3.05) is 0 Å². The van der Waals surface area contributed by atoms with E-state index in [-0.39, 0.29) is 0 Å². The van der Waals surface area contributed by atoms with Crippen LogP contribution < -0.4 is 0 Å². The molecule has 0 aliphatic rings. The summed E-state index contributed by atoms with van der Waals surface area (Å²) in [6, 6.07) is 17.3. The van der Waals surface area contributed by atoms with Crippen LogP contribution in [0.1, 0.15) is 25.3 Å². The second-order valence-electron chi connectivity index (χ2n) is 4.65. The molecule has 0 saturated heterocycles. The lowest BCUT2D eigenvalue weighted by atomic mass is 10.0. The third kappa shape index (κ3) is 1.78. The predicted molar refractivity (Wildman–Crippen MR) is 71.8 cm³/mol. The van der Waals surface area contributed by atoms with E-state index >= 15 is 0 Å². The number of rotatable bonds is 2. The van der Waals surface area contributed by atoms with Crippen LogP contribution in [0.25, 0.3) is 16.7 Å². The fourth-order valence-electron chi connectivity index (χ4n) is 2.00. The highest BCUT2D eigenvalue weighted by Crippen LogP contribution is 2.20. The highest BCUT2D eigenvalue weighted by atomic mass is 15.4. The van der Waals surface area contributed by atoms with Gasteiger partial charge in [-0.05, 0) is 29.7 Å². The summed E-state index contributed by atoms with van der Waals surface area (Å²) in [5.74, 6) is 0.494. The van der Waals surface area contributed by atoms with Crippen LogP contribution in [0.2, 0.25) is 0 Å². The fraction of sp³-hybridized carbons (Fsp3) is 0.200. The van der Waals surface area contributed by atoms with Gasteiger partial charge < -0.3 is 0 Å². The first-order valence-corrected chi connectivity index (χ1v) is 6.08. The van der Waals surface area contributed by atoms with Crippen LogP contribution in [0, 0.1) is 6.07 Å². The number of para-hydroxylation sites is 1. The number of nitrogens with zero attached hydrogens (tertiary/aromatic N) is 3. The molecule has 18 heavy (non-hydrogen) atoms. The number of benzene rings is 2. The maximum atomic E-state index is 4.20. The maximum Gasteiger partial charge on any atom is 0.113 e. The molecule has 0 amide bonds. The molecule has 0 saturated carbocycles. The molecule has 3 nitrogen and oxygen atoms in total. The van der Waals surface area contributed by atoms with Crippen LogP contribution in [0.4, 0.5) is 0 Å². The Hall–Kier alpha value is -2.16. The predicted octanol–water partition coefficient (Wildman–Crippen LogP) is 3.34. The molecule has 2 aromatic carbocycles. The summed E-state index contributed by atoms with van der Waals surface area (Å²) >= 11 is 0. The lowest BCUT2D eigenvalue weighted by Crippen LogP contribution is -1.98. The molecule has 0 fully saturated rings. The molecule has 0 aliphatic heterocycles. The Kier molecular flexibility index (Phi) is 2.59. The lowest BCUT2D eigenvalue weighted by Gasteiger charge is -2.07. The Morgan fingerprint density at radius 1 is 1.17 bits per heavy atom. The minimum atomic E-state index is 0.494. The molecule has 89 valence electrons.